The monoisotopic (exact) mass is 402 g/mol. The highest BCUT2D eigenvalue weighted by atomic mass is 16.5. The minimum absolute atomic E-state index is 0.0568. The fraction of sp³-hybridized carbons (Fsp3) is 0.208. The van der Waals surface area contributed by atoms with Crippen LogP contribution in [0.1, 0.15) is 34.8 Å². The van der Waals surface area contributed by atoms with Crippen LogP contribution in [-0.2, 0) is 9.53 Å². The van der Waals surface area contributed by atoms with Crippen LogP contribution in [0, 0.1) is 5.92 Å². The number of aromatic nitrogens is 1. The van der Waals surface area contributed by atoms with Crippen molar-refractivity contribution < 1.29 is 19.1 Å². The number of pyridine rings is 1. The van der Waals surface area contributed by atoms with E-state index in [9.17, 15) is 9.59 Å². The molecule has 2 aromatic carbocycles. The van der Waals surface area contributed by atoms with Gasteiger partial charge in [0.05, 0.1) is 12.2 Å². The second-order valence-corrected chi connectivity index (χ2v) is 7.16. The molecule has 1 aliphatic rings. The Balaban J connectivity index is 1.37. The normalized spacial score (nSPS) is 13.9. The second kappa shape index (κ2) is 9.22. The molecule has 1 saturated carbocycles. The van der Waals surface area contributed by atoms with Crippen molar-refractivity contribution in [3.05, 3.63) is 90.3 Å². The first-order valence-electron chi connectivity index (χ1n) is 9.89. The third-order valence-corrected chi connectivity index (χ3v) is 4.87. The minimum atomic E-state index is -0.618. The Morgan fingerprint density at radius 2 is 1.77 bits per heavy atom. The van der Waals surface area contributed by atoms with Crippen molar-refractivity contribution in [2.24, 2.45) is 5.92 Å². The topological polar surface area (TPSA) is 77.5 Å². The second-order valence-electron chi connectivity index (χ2n) is 7.16. The summed E-state index contributed by atoms with van der Waals surface area (Å²) < 4.78 is 11.0. The van der Waals surface area contributed by atoms with Crippen LogP contribution in [-0.4, -0.2) is 23.5 Å². The van der Waals surface area contributed by atoms with E-state index in [0.717, 1.165) is 18.4 Å². The number of carbonyl (C=O) groups excluding carboxylic acids is 2. The van der Waals surface area contributed by atoms with E-state index in [2.05, 4.69) is 10.3 Å². The lowest BCUT2D eigenvalue weighted by Crippen LogP contribution is -2.33. The number of nitrogens with one attached hydrogen (secondary N) is 1. The lowest BCUT2D eigenvalue weighted by molar-refractivity contribution is -0.125. The molecule has 0 aliphatic heterocycles. The number of amides is 1. The van der Waals surface area contributed by atoms with E-state index < -0.39 is 5.97 Å². The van der Waals surface area contributed by atoms with Crippen LogP contribution in [0.4, 0.5) is 0 Å². The van der Waals surface area contributed by atoms with Gasteiger partial charge in [-0.25, -0.2) is 4.79 Å². The molecular weight excluding hydrogens is 380 g/mol. The van der Waals surface area contributed by atoms with Crippen molar-refractivity contribution in [2.75, 3.05) is 6.61 Å². The zero-order valence-electron chi connectivity index (χ0n) is 16.4. The molecule has 1 N–H and O–H groups in total. The van der Waals surface area contributed by atoms with Gasteiger partial charge in [0.25, 0.3) is 5.91 Å². The number of nitrogens with zero attached hydrogens (tertiary/aromatic N) is 1. The first-order valence-corrected chi connectivity index (χ1v) is 9.89. The number of para-hydroxylation sites is 1. The molecule has 1 aromatic heterocycles. The van der Waals surface area contributed by atoms with Crippen molar-refractivity contribution >= 4 is 11.9 Å². The highest BCUT2D eigenvalue weighted by Gasteiger charge is 2.33. The van der Waals surface area contributed by atoms with Crippen LogP contribution in [0.15, 0.2) is 79.1 Å². The summed E-state index contributed by atoms with van der Waals surface area (Å²) in [5.41, 5.74) is 1.31. The summed E-state index contributed by atoms with van der Waals surface area (Å²) in [7, 11) is 0. The fourth-order valence-corrected chi connectivity index (χ4v) is 3.25. The maximum atomic E-state index is 12.6. The summed E-state index contributed by atoms with van der Waals surface area (Å²) in [4.78, 5) is 29.0. The van der Waals surface area contributed by atoms with Gasteiger partial charge in [0.1, 0.15) is 17.1 Å². The summed E-state index contributed by atoms with van der Waals surface area (Å²) >= 11 is 0. The number of carbonyl (C=O) groups is 2. The summed E-state index contributed by atoms with van der Waals surface area (Å²) in [5, 5.41) is 3.00. The van der Waals surface area contributed by atoms with Crippen molar-refractivity contribution in [2.45, 2.75) is 18.9 Å². The zero-order chi connectivity index (χ0) is 20.8. The van der Waals surface area contributed by atoms with Gasteiger partial charge in [-0.2, -0.15) is 0 Å². The van der Waals surface area contributed by atoms with Gasteiger partial charge in [0.2, 0.25) is 0 Å². The van der Waals surface area contributed by atoms with Crippen LogP contribution in [0.25, 0.3) is 0 Å². The smallest absolute Gasteiger partial charge is 0.342 e. The number of esters is 1. The number of ether oxygens (including phenoxy) is 2. The first kappa shape index (κ1) is 19.6. The molecule has 0 bridgehead atoms. The molecule has 152 valence electrons. The molecule has 1 atom stereocenters. The van der Waals surface area contributed by atoms with E-state index >= 15 is 0 Å². The number of hydrogen-bond acceptors (Lipinski definition) is 5. The molecule has 1 heterocycles. The SMILES string of the molecule is O=C(COC(=O)c1ccccc1Oc1cccnc1)NC(c1ccccc1)C1CC1. The van der Waals surface area contributed by atoms with Gasteiger partial charge in [0, 0.05) is 6.20 Å². The Hall–Kier alpha value is -3.67. The van der Waals surface area contributed by atoms with Crippen LogP contribution in [0.5, 0.6) is 11.5 Å². The fourth-order valence-electron chi connectivity index (χ4n) is 3.25. The zero-order valence-corrected chi connectivity index (χ0v) is 16.4. The molecule has 0 spiro atoms. The van der Waals surface area contributed by atoms with Crippen LogP contribution in [0.3, 0.4) is 0 Å². The average Bonchev–Trinajstić information content (AvgIpc) is 3.63. The van der Waals surface area contributed by atoms with Gasteiger partial charge in [-0.1, -0.05) is 42.5 Å². The molecule has 1 amide bonds. The van der Waals surface area contributed by atoms with E-state index in [0.29, 0.717) is 17.4 Å². The number of hydrogen-bond donors (Lipinski definition) is 1. The highest BCUT2D eigenvalue weighted by Crippen LogP contribution is 2.40. The molecule has 1 unspecified atom stereocenters. The van der Waals surface area contributed by atoms with Gasteiger partial charge >= 0.3 is 5.97 Å². The third kappa shape index (κ3) is 5.03. The van der Waals surface area contributed by atoms with Crippen molar-refractivity contribution in [1.82, 2.24) is 10.3 Å². The van der Waals surface area contributed by atoms with Crippen molar-refractivity contribution in [1.29, 1.82) is 0 Å². The molecule has 3 aromatic rings. The quantitative estimate of drug-likeness (QED) is 0.569. The van der Waals surface area contributed by atoms with Gasteiger partial charge in [-0.05, 0) is 48.6 Å². The molecule has 30 heavy (non-hydrogen) atoms. The van der Waals surface area contributed by atoms with Crippen molar-refractivity contribution in [3.63, 3.8) is 0 Å². The van der Waals surface area contributed by atoms with Gasteiger partial charge < -0.3 is 14.8 Å². The Morgan fingerprint density at radius 1 is 1.00 bits per heavy atom. The van der Waals surface area contributed by atoms with Crippen LogP contribution in [0.2, 0.25) is 0 Å². The van der Waals surface area contributed by atoms with Gasteiger partial charge in [-0.3, -0.25) is 9.78 Å². The first-order chi connectivity index (χ1) is 14.7. The summed E-state index contributed by atoms with van der Waals surface area (Å²) in [6.07, 6.45) is 5.35. The summed E-state index contributed by atoms with van der Waals surface area (Å²) in [6.45, 7) is -0.351. The minimum Gasteiger partial charge on any atom is -0.455 e. The predicted molar refractivity (Wildman–Crippen MR) is 111 cm³/mol. The van der Waals surface area contributed by atoms with Gasteiger partial charge in [0.15, 0.2) is 6.61 Å². The maximum absolute atomic E-state index is 12.6. The maximum Gasteiger partial charge on any atom is 0.342 e. The molecule has 0 radical (unpaired) electrons. The lowest BCUT2D eigenvalue weighted by Gasteiger charge is -2.19. The Labute approximate surface area is 174 Å². The van der Waals surface area contributed by atoms with E-state index in [1.165, 1.54) is 0 Å². The van der Waals surface area contributed by atoms with Crippen LogP contribution < -0.4 is 10.1 Å². The third-order valence-electron chi connectivity index (χ3n) is 4.87. The average molecular weight is 402 g/mol. The predicted octanol–water partition coefficient (Wildman–Crippen LogP) is 4.30. The summed E-state index contributed by atoms with van der Waals surface area (Å²) in [5.74, 6) is 0.337. The Morgan fingerprint density at radius 3 is 2.50 bits per heavy atom. The Kier molecular flexibility index (Phi) is 6.03. The molecule has 6 nitrogen and oxygen atoms in total. The largest absolute Gasteiger partial charge is 0.455 e. The molecule has 1 fully saturated rings. The Bertz CT molecular complexity index is 1000. The highest BCUT2D eigenvalue weighted by molar-refractivity contribution is 5.94. The molecule has 6 heteroatoms. The molecular formula is C24H22N2O4. The van der Waals surface area contributed by atoms with Crippen molar-refractivity contribution in [3.8, 4) is 11.5 Å². The summed E-state index contributed by atoms with van der Waals surface area (Å²) in [6, 6.07) is 20.0. The van der Waals surface area contributed by atoms with E-state index in [4.69, 9.17) is 9.47 Å². The standard InChI is InChI=1S/C24H22N2O4/c27-22(26-23(18-12-13-18)17-7-2-1-3-8-17)16-29-24(28)20-10-4-5-11-21(20)30-19-9-6-14-25-15-19/h1-11,14-15,18,23H,12-13,16H2,(H,26,27). The molecule has 0 saturated heterocycles. The lowest BCUT2D eigenvalue weighted by atomic mass is 10.0. The van der Waals surface area contributed by atoms with E-state index in [1.807, 2.05) is 30.3 Å². The number of benzene rings is 2. The molecule has 1 aliphatic carbocycles. The number of rotatable bonds is 8. The van der Waals surface area contributed by atoms with E-state index in [1.54, 1.807) is 48.8 Å². The molecule has 4 rings (SSSR count). The van der Waals surface area contributed by atoms with Gasteiger partial charge in [-0.15, -0.1) is 0 Å². The van der Waals surface area contributed by atoms with Crippen LogP contribution >= 0.6 is 0 Å². The van der Waals surface area contributed by atoms with E-state index in [-0.39, 0.29) is 24.1 Å².